The Morgan fingerprint density at radius 1 is 1.42 bits per heavy atom. The Morgan fingerprint density at radius 3 is 2.92 bits per heavy atom. The van der Waals surface area contributed by atoms with Crippen LogP contribution in [0.25, 0.3) is 0 Å². The normalized spacial score (nSPS) is 45.7. The zero-order valence-corrected chi connectivity index (χ0v) is 15.6. The first-order chi connectivity index (χ1) is 12.3. The number of carboxylic acid groups (broad SMARTS) is 1. The number of fused-ring (bicyclic) bond motifs is 3. The zero-order valence-electron chi connectivity index (χ0n) is 15.6. The molecule has 4 rings (SSSR count). The Kier molecular flexibility index (Phi) is 4.39. The van der Waals surface area contributed by atoms with E-state index in [2.05, 4.69) is 19.9 Å². The summed E-state index contributed by atoms with van der Waals surface area (Å²) in [4.78, 5) is 26.1. The van der Waals surface area contributed by atoms with Crippen molar-refractivity contribution in [3.8, 4) is 0 Å². The molecule has 3 fully saturated rings. The fourth-order valence-electron chi connectivity index (χ4n) is 6.04. The monoisotopic (exact) mass is 363 g/mol. The number of carboxylic acids is 1. The van der Waals surface area contributed by atoms with Crippen LogP contribution < -0.4 is 0 Å². The molecular weight excluding hydrogens is 334 g/mol. The molecule has 1 saturated carbocycles. The quantitative estimate of drug-likeness (QED) is 0.587. The predicted molar refractivity (Wildman–Crippen MR) is 94.3 cm³/mol. The van der Waals surface area contributed by atoms with Crippen molar-refractivity contribution in [1.82, 2.24) is 4.90 Å². The van der Waals surface area contributed by atoms with E-state index in [1.807, 2.05) is 4.90 Å². The van der Waals surface area contributed by atoms with E-state index in [0.29, 0.717) is 19.4 Å². The van der Waals surface area contributed by atoms with E-state index >= 15 is 0 Å². The summed E-state index contributed by atoms with van der Waals surface area (Å²) in [6.45, 7) is 5.42. The number of hydrogen-bond donors (Lipinski definition) is 2. The van der Waals surface area contributed by atoms with Crippen molar-refractivity contribution in [2.45, 2.75) is 64.2 Å². The molecule has 1 unspecified atom stereocenters. The number of likely N-dealkylation sites (tertiary alicyclic amines) is 1. The minimum atomic E-state index is -0.796. The Bertz CT molecular complexity index is 646. The van der Waals surface area contributed by atoms with E-state index < -0.39 is 18.1 Å². The maximum atomic E-state index is 12.7. The van der Waals surface area contributed by atoms with Gasteiger partial charge in [0.1, 0.15) is 12.1 Å². The summed E-state index contributed by atoms with van der Waals surface area (Å²) in [6.07, 6.45) is 5.41. The van der Waals surface area contributed by atoms with Crippen molar-refractivity contribution in [2.24, 2.45) is 23.2 Å². The first-order valence-corrected chi connectivity index (χ1v) is 9.85. The van der Waals surface area contributed by atoms with Crippen molar-refractivity contribution in [1.29, 1.82) is 0 Å². The van der Waals surface area contributed by atoms with Gasteiger partial charge in [0.25, 0.3) is 0 Å². The predicted octanol–water partition coefficient (Wildman–Crippen LogP) is 1.82. The molecule has 0 aromatic carbocycles. The summed E-state index contributed by atoms with van der Waals surface area (Å²) in [5.74, 6) is -1.06. The smallest absolute Gasteiger partial charge is 0.320 e. The number of aliphatic hydroxyl groups excluding tert-OH is 1. The van der Waals surface area contributed by atoms with Gasteiger partial charge in [0.2, 0.25) is 0 Å². The SMILES string of the molecule is CC1=CC[C@@H](O)[C@]2(C)CC[C@H]3[C@H](CN4CCC[C@H]4C(=O)O)C(=O)O[C@@H]3C12. The van der Waals surface area contributed by atoms with E-state index in [-0.39, 0.29) is 35.2 Å². The summed E-state index contributed by atoms with van der Waals surface area (Å²) in [5, 5.41) is 20.0. The number of carbonyl (C=O) groups excluding carboxylic acids is 1. The molecule has 2 heterocycles. The van der Waals surface area contributed by atoms with Crippen LogP contribution in [0.3, 0.4) is 0 Å². The number of hydrogen-bond acceptors (Lipinski definition) is 5. The highest BCUT2D eigenvalue weighted by atomic mass is 16.6. The Morgan fingerprint density at radius 2 is 2.19 bits per heavy atom. The van der Waals surface area contributed by atoms with Gasteiger partial charge in [-0.15, -0.1) is 0 Å². The molecule has 6 nitrogen and oxygen atoms in total. The number of ether oxygens (including phenoxy) is 1. The van der Waals surface area contributed by atoms with Crippen LogP contribution in [-0.2, 0) is 14.3 Å². The van der Waals surface area contributed by atoms with Gasteiger partial charge in [0, 0.05) is 23.8 Å². The number of rotatable bonds is 3. The Balaban J connectivity index is 1.56. The fraction of sp³-hybridized carbons (Fsp3) is 0.800. The molecule has 26 heavy (non-hydrogen) atoms. The van der Waals surface area contributed by atoms with Crippen molar-refractivity contribution >= 4 is 11.9 Å². The second-order valence-electron chi connectivity index (χ2n) is 8.88. The lowest BCUT2D eigenvalue weighted by atomic mass is 9.55. The third-order valence-corrected chi connectivity index (χ3v) is 7.54. The third kappa shape index (κ3) is 2.61. The molecule has 0 spiro atoms. The fourth-order valence-corrected chi connectivity index (χ4v) is 6.04. The van der Waals surface area contributed by atoms with E-state index in [1.165, 1.54) is 5.57 Å². The summed E-state index contributed by atoms with van der Waals surface area (Å²) < 4.78 is 5.87. The van der Waals surface area contributed by atoms with Crippen LogP contribution in [0.5, 0.6) is 0 Å². The molecule has 0 radical (unpaired) electrons. The second-order valence-corrected chi connectivity index (χ2v) is 8.88. The average molecular weight is 363 g/mol. The van der Waals surface area contributed by atoms with E-state index in [0.717, 1.165) is 25.8 Å². The van der Waals surface area contributed by atoms with Crippen LogP contribution in [0, 0.1) is 23.2 Å². The van der Waals surface area contributed by atoms with Gasteiger partial charge in [0.15, 0.2) is 0 Å². The van der Waals surface area contributed by atoms with Gasteiger partial charge in [0.05, 0.1) is 12.0 Å². The van der Waals surface area contributed by atoms with Gasteiger partial charge in [-0.25, -0.2) is 0 Å². The molecule has 2 aliphatic carbocycles. The van der Waals surface area contributed by atoms with Gasteiger partial charge < -0.3 is 14.9 Å². The zero-order chi connectivity index (χ0) is 18.6. The van der Waals surface area contributed by atoms with Gasteiger partial charge in [-0.3, -0.25) is 14.5 Å². The van der Waals surface area contributed by atoms with E-state index in [4.69, 9.17) is 4.74 Å². The molecule has 4 aliphatic rings. The number of aliphatic carboxylic acids is 1. The van der Waals surface area contributed by atoms with Crippen LogP contribution in [0.2, 0.25) is 0 Å². The molecule has 2 N–H and O–H groups in total. The summed E-state index contributed by atoms with van der Waals surface area (Å²) in [6, 6.07) is -0.478. The Labute approximate surface area is 154 Å². The van der Waals surface area contributed by atoms with Crippen molar-refractivity contribution < 1.29 is 24.5 Å². The topological polar surface area (TPSA) is 87.1 Å². The minimum absolute atomic E-state index is 0.0628. The van der Waals surface area contributed by atoms with Gasteiger partial charge in [-0.1, -0.05) is 18.6 Å². The number of esters is 1. The summed E-state index contributed by atoms with van der Waals surface area (Å²) >= 11 is 0. The average Bonchev–Trinajstić information content (AvgIpc) is 3.16. The molecule has 2 saturated heterocycles. The first kappa shape index (κ1) is 18.0. The maximum Gasteiger partial charge on any atom is 0.320 e. The summed E-state index contributed by atoms with van der Waals surface area (Å²) in [5.41, 5.74) is 0.970. The van der Waals surface area contributed by atoms with Crippen LogP contribution >= 0.6 is 0 Å². The standard InChI is InChI=1S/C20H29NO5/c1-11-5-6-15(22)20(2)8-7-12-13(19(25)26-17(12)16(11)20)10-21-9-3-4-14(21)18(23)24/h5,12-17,22H,3-4,6-10H2,1-2H3,(H,23,24)/t12-,13-,14-,15+,16?,17-,20-/m0/s1. The largest absolute Gasteiger partial charge is 0.480 e. The van der Waals surface area contributed by atoms with Crippen LogP contribution in [0.4, 0.5) is 0 Å². The van der Waals surface area contributed by atoms with Gasteiger partial charge in [-0.2, -0.15) is 0 Å². The van der Waals surface area contributed by atoms with E-state index in [9.17, 15) is 19.8 Å². The summed E-state index contributed by atoms with van der Waals surface area (Å²) in [7, 11) is 0. The number of aliphatic hydroxyl groups is 1. The lowest BCUT2D eigenvalue weighted by Gasteiger charge is -2.51. The number of nitrogens with zero attached hydrogens (tertiary/aromatic N) is 1. The molecule has 0 aromatic rings. The second kappa shape index (κ2) is 6.34. The molecule has 0 aromatic heterocycles. The molecule has 7 atom stereocenters. The maximum absolute atomic E-state index is 12.7. The van der Waals surface area contributed by atoms with Crippen molar-refractivity contribution in [3.63, 3.8) is 0 Å². The molecular formula is C20H29NO5. The van der Waals surface area contributed by atoms with E-state index in [1.54, 1.807) is 0 Å². The minimum Gasteiger partial charge on any atom is -0.480 e. The molecule has 0 bridgehead atoms. The highest BCUT2D eigenvalue weighted by molar-refractivity contribution is 5.77. The third-order valence-electron chi connectivity index (χ3n) is 7.54. The highest BCUT2D eigenvalue weighted by Gasteiger charge is 2.59. The van der Waals surface area contributed by atoms with Crippen molar-refractivity contribution in [3.05, 3.63) is 11.6 Å². The van der Waals surface area contributed by atoms with Crippen LogP contribution in [-0.4, -0.2) is 58.4 Å². The van der Waals surface area contributed by atoms with Crippen LogP contribution in [0.15, 0.2) is 11.6 Å². The van der Waals surface area contributed by atoms with Crippen LogP contribution in [0.1, 0.15) is 46.0 Å². The molecule has 6 heteroatoms. The molecule has 0 amide bonds. The highest BCUT2D eigenvalue weighted by Crippen LogP contribution is 2.56. The van der Waals surface area contributed by atoms with Gasteiger partial charge >= 0.3 is 11.9 Å². The number of carbonyl (C=O) groups is 2. The van der Waals surface area contributed by atoms with Crippen molar-refractivity contribution in [2.75, 3.05) is 13.1 Å². The Hall–Kier alpha value is -1.40. The lowest BCUT2D eigenvalue weighted by Crippen LogP contribution is -2.53. The molecule has 2 aliphatic heterocycles. The van der Waals surface area contributed by atoms with Gasteiger partial charge in [-0.05, 0) is 45.6 Å². The molecule has 144 valence electrons. The lowest BCUT2D eigenvalue weighted by molar-refractivity contribution is -0.152. The first-order valence-electron chi connectivity index (χ1n) is 9.85.